The minimum atomic E-state index is -0.224. The fraction of sp³-hybridized carbons (Fsp3) is 0.375. The number of aromatic nitrogens is 1. The van der Waals surface area contributed by atoms with Gasteiger partial charge in [0.15, 0.2) is 5.69 Å². The Kier molecular flexibility index (Phi) is 5.55. The zero-order valence-corrected chi connectivity index (χ0v) is 13.0. The molecule has 1 aromatic heterocycles. The lowest BCUT2D eigenvalue weighted by Crippen LogP contribution is -2.34. The summed E-state index contributed by atoms with van der Waals surface area (Å²) in [5, 5.41) is 2.85. The van der Waals surface area contributed by atoms with Crippen molar-refractivity contribution < 1.29 is 9.21 Å². The molecule has 0 aliphatic heterocycles. The normalized spacial score (nSPS) is 10.9. The van der Waals surface area contributed by atoms with Crippen molar-refractivity contribution in [3.05, 3.63) is 36.2 Å². The Morgan fingerprint density at radius 2 is 1.95 bits per heavy atom. The van der Waals surface area contributed by atoms with E-state index in [1.54, 1.807) is 12.1 Å². The number of carbonyl (C=O) groups is 1. The number of hydrogen-bond donors (Lipinski definition) is 2. The minimum absolute atomic E-state index is 0.224. The predicted molar refractivity (Wildman–Crippen MR) is 86.5 cm³/mol. The number of oxazole rings is 1. The molecule has 0 fully saturated rings. The maximum atomic E-state index is 12.0. The summed E-state index contributed by atoms with van der Waals surface area (Å²) in [4.78, 5) is 18.5. The fourth-order valence-electron chi connectivity index (χ4n) is 2.09. The van der Waals surface area contributed by atoms with E-state index in [1.807, 2.05) is 12.1 Å². The Balaban J connectivity index is 1.93. The lowest BCUT2D eigenvalue weighted by molar-refractivity contribution is 0.0944. The molecule has 0 saturated heterocycles. The largest absolute Gasteiger partial charge is 0.444 e. The number of nitrogens with one attached hydrogen (secondary N) is 1. The van der Waals surface area contributed by atoms with Crippen molar-refractivity contribution >= 4 is 11.6 Å². The van der Waals surface area contributed by atoms with Crippen LogP contribution in [-0.2, 0) is 0 Å². The van der Waals surface area contributed by atoms with Crippen molar-refractivity contribution in [2.45, 2.75) is 13.8 Å². The second-order valence-electron chi connectivity index (χ2n) is 4.94. The van der Waals surface area contributed by atoms with Crippen molar-refractivity contribution in [2.24, 2.45) is 0 Å². The monoisotopic (exact) mass is 302 g/mol. The zero-order chi connectivity index (χ0) is 15.9. The van der Waals surface area contributed by atoms with Gasteiger partial charge in [-0.15, -0.1) is 0 Å². The van der Waals surface area contributed by atoms with E-state index in [-0.39, 0.29) is 11.6 Å². The number of anilines is 1. The molecule has 6 heteroatoms. The van der Waals surface area contributed by atoms with Crippen LogP contribution in [0.3, 0.4) is 0 Å². The smallest absolute Gasteiger partial charge is 0.273 e. The molecule has 118 valence electrons. The van der Waals surface area contributed by atoms with E-state index in [1.165, 1.54) is 6.26 Å². The van der Waals surface area contributed by atoms with Crippen LogP contribution in [0.5, 0.6) is 0 Å². The van der Waals surface area contributed by atoms with Crippen LogP contribution in [0.1, 0.15) is 24.3 Å². The highest BCUT2D eigenvalue weighted by molar-refractivity contribution is 5.92. The summed E-state index contributed by atoms with van der Waals surface area (Å²) in [5.74, 6) is 0.187. The molecule has 6 nitrogen and oxygen atoms in total. The lowest BCUT2D eigenvalue weighted by Gasteiger charge is -2.17. The first-order chi connectivity index (χ1) is 10.6. The van der Waals surface area contributed by atoms with Crippen LogP contribution in [0.2, 0.25) is 0 Å². The van der Waals surface area contributed by atoms with Crippen molar-refractivity contribution in [3.63, 3.8) is 0 Å². The number of rotatable bonds is 7. The molecule has 22 heavy (non-hydrogen) atoms. The summed E-state index contributed by atoms with van der Waals surface area (Å²) in [6, 6.07) is 7.15. The third-order valence-electron chi connectivity index (χ3n) is 3.50. The van der Waals surface area contributed by atoms with Crippen LogP contribution < -0.4 is 11.1 Å². The summed E-state index contributed by atoms with van der Waals surface area (Å²) in [6.07, 6.45) is 1.37. The number of likely N-dealkylation sites (N-methyl/N-ethyl adjacent to an activating group) is 1. The van der Waals surface area contributed by atoms with Gasteiger partial charge in [0.05, 0.1) is 0 Å². The highest BCUT2D eigenvalue weighted by Gasteiger charge is 2.13. The zero-order valence-electron chi connectivity index (χ0n) is 13.0. The van der Waals surface area contributed by atoms with E-state index in [4.69, 9.17) is 10.2 Å². The molecule has 0 aliphatic carbocycles. The third kappa shape index (κ3) is 4.08. The predicted octanol–water partition coefficient (Wildman–Crippen LogP) is 2.00. The first-order valence-corrected chi connectivity index (χ1v) is 7.46. The van der Waals surface area contributed by atoms with Gasteiger partial charge in [0, 0.05) is 24.3 Å². The summed E-state index contributed by atoms with van der Waals surface area (Å²) in [7, 11) is 0. The van der Waals surface area contributed by atoms with Crippen molar-refractivity contribution in [1.29, 1.82) is 0 Å². The van der Waals surface area contributed by atoms with Crippen molar-refractivity contribution in [1.82, 2.24) is 15.2 Å². The van der Waals surface area contributed by atoms with Gasteiger partial charge in [0.1, 0.15) is 6.26 Å². The average molecular weight is 302 g/mol. The molecule has 2 aromatic rings. The van der Waals surface area contributed by atoms with Gasteiger partial charge in [-0.05, 0) is 37.4 Å². The van der Waals surface area contributed by atoms with Gasteiger partial charge in [0.25, 0.3) is 5.91 Å². The molecule has 1 heterocycles. The van der Waals surface area contributed by atoms with E-state index < -0.39 is 0 Å². The van der Waals surface area contributed by atoms with Crippen molar-refractivity contribution in [2.75, 3.05) is 31.9 Å². The molecule has 1 amide bonds. The van der Waals surface area contributed by atoms with Gasteiger partial charge in [0.2, 0.25) is 5.89 Å². The van der Waals surface area contributed by atoms with Gasteiger partial charge in [-0.3, -0.25) is 4.79 Å². The maximum absolute atomic E-state index is 12.0. The first kappa shape index (κ1) is 16.0. The molecule has 2 rings (SSSR count). The number of nitrogens with zero attached hydrogens (tertiary/aromatic N) is 2. The topological polar surface area (TPSA) is 84.4 Å². The Hall–Kier alpha value is -2.34. The van der Waals surface area contributed by atoms with Gasteiger partial charge in [-0.25, -0.2) is 4.98 Å². The van der Waals surface area contributed by atoms with Crippen LogP contribution >= 0.6 is 0 Å². The second kappa shape index (κ2) is 7.61. The summed E-state index contributed by atoms with van der Waals surface area (Å²) >= 11 is 0. The number of hydrogen-bond acceptors (Lipinski definition) is 5. The standard InChI is InChI=1S/C16H22N4O2/c1-3-20(4-2)10-9-18-15(21)14-11-22-16(19-14)12-5-7-13(17)8-6-12/h5-8,11H,3-4,9-10,17H2,1-2H3,(H,18,21). The van der Waals surface area contributed by atoms with Gasteiger partial charge >= 0.3 is 0 Å². The highest BCUT2D eigenvalue weighted by atomic mass is 16.3. The Morgan fingerprint density at radius 3 is 2.59 bits per heavy atom. The van der Waals surface area contributed by atoms with E-state index in [2.05, 4.69) is 29.0 Å². The first-order valence-electron chi connectivity index (χ1n) is 7.46. The average Bonchev–Trinajstić information content (AvgIpc) is 3.02. The molecule has 0 spiro atoms. The Labute approximate surface area is 130 Å². The third-order valence-corrected chi connectivity index (χ3v) is 3.50. The number of nitrogens with two attached hydrogens (primary N) is 1. The van der Waals surface area contributed by atoms with Gasteiger partial charge < -0.3 is 20.4 Å². The highest BCUT2D eigenvalue weighted by Crippen LogP contribution is 2.19. The van der Waals surface area contributed by atoms with Gasteiger partial charge in [-0.1, -0.05) is 13.8 Å². The molecule has 0 aliphatic rings. The second-order valence-corrected chi connectivity index (χ2v) is 4.94. The summed E-state index contributed by atoms with van der Waals surface area (Å²) in [5.41, 5.74) is 7.38. The van der Waals surface area contributed by atoms with Gasteiger partial charge in [-0.2, -0.15) is 0 Å². The molecule has 1 aromatic carbocycles. The quantitative estimate of drug-likeness (QED) is 0.764. The molecule has 0 radical (unpaired) electrons. The van der Waals surface area contributed by atoms with E-state index in [9.17, 15) is 4.79 Å². The molecule has 0 bridgehead atoms. The Bertz CT molecular complexity index is 603. The number of benzene rings is 1. The minimum Gasteiger partial charge on any atom is -0.444 e. The van der Waals surface area contributed by atoms with Crippen LogP contribution in [0, 0.1) is 0 Å². The van der Waals surface area contributed by atoms with Crippen LogP contribution in [0.4, 0.5) is 5.69 Å². The molecule has 0 atom stereocenters. The SMILES string of the molecule is CCN(CC)CCNC(=O)c1coc(-c2ccc(N)cc2)n1. The van der Waals surface area contributed by atoms with Crippen LogP contribution in [0.15, 0.2) is 34.9 Å². The van der Waals surface area contributed by atoms with E-state index in [0.29, 0.717) is 18.1 Å². The molecule has 3 N–H and O–H groups in total. The van der Waals surface area contributed by atoms with E-state index in [0.717, 1.165) is 25.2 Å². The number of nitrogen functional groups attached to an aromatic ring is 1. The van der Waals surface area contributed by atoms with Crippen molar-refractivity contribution in [3.8, 4) is 11.5 Å². The van der Waals surface area contributed by atoms with Crippen LogP contribution in [-0.4, -0.2) is 42.0 Å². The van der Waals surface area contributed by atoms with Crippen LogP contribution in [0.25, 0.3) is 11.5 Å². The molecular formula is C16H22N4O2. The summed E-state index contributed by atoms with van der Waals surface area (Å²) < 4.78 is 5.36. The molecule has 0 saturated carbocycles. The fourth-order valence-corrected chi connectivity index (χ4v) is 2.09. The molecular weight excluding hydrogens is 280 g/mol. The number of carbonyl (C=O) groups excluding carboxylic acids is 1. The number of amides is 1. The maximum Gasteiger partial charge on any atom is 0.273 e. The lowest BCUT2D eigenvalue weighted by atomic mass is 10.2. The summed E-state index contributed by atoms with van der Waals surface area (Å²) in [6.45, 7) is 7.55. The van der Waals surface area contributed by atoms with E-state index >= 15 is 0 Å². The molecule has 0 unspecified atom stereocenters. The Morgan fingerprint density at radius 1 is 1.27 bits per heavy atom.